The van der Waals surface area contributed by atoms with Crippen molar-refractivity contribution in [1.82, 2.24) is 5.32 Å². The maximum atomic E-state index is 5.61. The average Bonchev–Trinajstić information content (AvgIpc) is 3.22. The highest BCUT2D eigenvalue weighted by molar-refractivity contribution is 5.43. The highest BCUT2D eigenvalue weighted by Crippen LogP contribution is 2.39. The Hall–Kier alpha value is -1.22. The van der Waals surface area contributed by atoms with E-state index in [1.807, 2.05) is 13.0 Å². The van der Waals surface area contributed by atoms with Gasteiger partial charge in [0.2, 0.25) is 0 Å². The zero-order valence-corrected chi connectivity index (χ0v) is 12.5. The van der Waals surface area contributed by atoms with Gasteiger partial charge in [-0.2, -0.15) is 0 Å². The topological polar surface area (TPSA) is 30.5 Å². The highest BCUT2D eigenvalue weighted by atomic mass is 16.5. The molecule has 0 atom stereocenters. The molecule has 3 nitrogen and oxygen atoms in total. The number of nitrogens with one attached hydrogen (secondary N) is 1. The van der Waals surface area contributed by atoms with Gasteiger partial charge in [0.05, 0.1) is 13.7 Å². The molecular weight excluding hydrogens is 238 g/mol. The molecule has 1 aromatic rings. The van der Waals surface area contributed by atoms with Gasteiger partial charge in [-0.25, -0.2) is 0 Å². The van der Waals surface area contributed by atoms with E-state index in [9.17, 15) is 0 Å². The van der Waals surface area contributed by atoms with Crippen LogP contribution in [0.1, 0.15) is 39.2 Å². The van der Waals surface area contributed by atoms with Crippen LogP contribution in [0.4, 0.5) is 0 Å². The van der Waals surface area contributed by atoms with Gasteiger partial charge in [-0.3, -0.25) is 0 Å². The van der Waals surface area contributed by atoms with E-state index in [1.165, 1.54) is 18.4 Å². The summed E-state index contributed by atoms with van der Waals surface area (Å²) >= 11 is 0. The van der Waals surface area contributed by atoms with Crippen LogP contribution in [0.5, 0.6) is 11.5 Å². The molecule has 0 aromatic heterocycles. The van der Waals surface area contributed by atoms with Crippen LogP contribution in [0.2, 0.25) is 0 Å². The summed E-state index contributed by atoms with van der Waals surface area (Å²) in [6.07, 6.45) is 2.71. The third-order valence-electron chi connectivity index (χ3n) is 3.87. The van der Waals surface area contributed by atoms with E-state index in [0.717, 1.165) is 24.0 Å². The molecule has 0 amide bonds. The Morgan fingerprint density at radius 2 is 2.00 bits per heavy atom. The second-order valence-electron chi connectivity index (χ2n) is 5.77. The van der Waals surface area contributed by atoms with Gasteiger partial charge in [-0.1, -0.05) is 6.07 Å². The molecule has 1 aliphatic rings. The summed E-state index contributed by atoms with van der Waals surface area (Å²) < 4.78 is 10.9. The van der Waals surface area contributed by atoms with Gasteiger partial charge >= 0.3 is 0 Å². The van der Waals surface area contributed by atoms with Crippen LogP contribution in [0, 0.1) is 5.92 Å². The monoisotopic (exact) mass is 263 g/mol. The van der Waals surface area contributed by atoms with Gasteiger partial charge in [0, 0.05) is 12.1 Å². The largest absolute Gasteiger partial charge is 0.493 e. The summed E-state index contributed by atoms with van der Waals surface area (Å²) in [4.78, 5) is 0. The third kappa shape index (κ3) is 3.63. The van der Waals surface area contributed by atoms with Gasteiger partial charge in [0.1, 0.15) is 0 Å². The quantitative estimate of drug-likeness (QED) is 0.818. The summed E-state index contributed by atoms with van der Waals surface area (Å²) in [5, 5.41) is 3.65. The fraction of sp³-hybridized carbons (Fsp3) is 0.625. The highest BCUT2D eigenvalue weighted by Gasteiger charge is 2.37. The fourth-order valence-corrected chi connectivity index (χ4v) is 2.38. The first-order valence-electron chi connectivity index (χ1n) is 7.11. The molecule has 1 saturated carbocycles. The number of ether oxygens (including phenoxy) is 2. The predicted molar refractivity (Wildman–Crippen MR) is 77.8 cm³/mol. The normalized spacial score (nSPS) is 15.4. The van der Waals surface area contributed by atoms with Gasteiger partial charge in [-0.15, -0.1) is 0 Å². The minimum Gasteiger partial charge on any atom is -0.493 e. The lowest BCUT2D eigenvalue weighted by atomic mass is 9.98. The van der Waals surface area contributed by atoms with Crippen molar-refractivity contribution in [2.24, 2.45) is 5.92 Å². The van der Waals surface area contributed by atoms with E-state index in [2.05, 4.69) is 31.3 Å². The Labute approximate surface area is 116 Å². The Bertz CT molecular complexity index is 425. The van der Waals surface area contributed by atoms with Crippen molar-refractivity contribution >= 4 is 0 Å². The number of rotatable bonds is 7. The second-order valence-corrected chi connectivity index (χ2v) is 5.77. The molecule has 0 heterocycles. The maximum Gasteiger partial charge on any atom is 0.161 e. The third-order valence-corrected chi connectivity index (χ3v) is 3.87. The molecule has 1 aromatic carbocycles. The van der Waals surface area contributed by atoms with E-state index < -0.39 is 0 Å². The van der Waals surface area contributed by atoms with Crippen molar-refractivity contribution in [1.29, 1.82) is 0 Å². The van der Waals surface area contributed by atoms with E-state index in [1.54, 1.807) is 7.11 Å². The minimum absolute atomic E-state index is 0.228. The van der Waals surface area contributed by atoms with Crippen molar-refractivity contribution in [3.05, 3.63) is 23.8 Å². The molecule has 106 valence electrons. The molecule has 2 rings (SSSR count). The van der Waals surface area contributed by atoms with Crippen molar-refractivity contribution < 1.29 is 9.47 Å². The molecule has 0 radical (unpaired) electrons. The van der Waals surface area contributed by atoms with Crippen LogP contribution in [0.25, 0.3) is 0 Å². The molecule has 0 spiro atoms. The van der Waals surface area contributed by atoms with Crippen LogP contribution in [-0.2, 0) is 6.54 Å². The molecule has 19 heavy (non-hydrogen) atoms. The predicted octanol–water partition coefficient (Wildman–Crippen LogP) is 3.37. The van der Waals surface area contributed by atoms with Crippen LogP contribution in [-0.4, -0.2) is 19.3 Å². The van der Waals surface area contributed by atoms with E-state index >= 15 is 0 Å². The summed E-state index contributed by atoms with van der Waals surface area (Å²) in [5.41, 5.74) is 1.46. The lowest BCUT2D eigenvalue weighted by Gasteiger charge is -2.26. The molecule has 0 bridgehead atoms. The van der Waals surface area contributed by atoms with Gasteiger partial charge in [0.25, 0.3) is 0 Å². The minimum atomic E-state index is 0.228. The number of benzene rings is 1. The molecule has 1 aliphatic carbocycles. The Balaban J connectivity index is 2.01. The summed E-state index contributed by atoms with van der Waals surface area (Å²) in [5.74, 6) is 2.46. The van der Waals surface area contributed by atoms with Crippen molar-refractivity contribution in [2.75, 3.05) is 13.7 Å². The van der Waals surface area contributed by atoms with Gasteiger partial charge < -0.3 is 14.8 Å². The van der Waals surface area contributed by atoms with Crippen molar-refractivity contribution in [3.8, 4) is 11.5 Å². The number of methoxy groups -OCH3 is 1. The maximum absolute atomic E-state index is 5.61. The van der Waals surface area contributed by atoms with Gasteiger partial charge in [-0.05, 0) is 57.2 Å². The van der Waals surface area contributed by atoms with Crippen LogP contribution >= 0.6 is 0 Å². The Morgan fingerprint density at radius 3 is 2.58 bits per heavy atom. The lowest BCUT2D eigenvalue weighted by Crippen LogP contribution is -2.40. The Kier molecular flexibility index (Phi) is 4.35. The van der Waals surface area contributed by atoms with Crippen LogP contribution in [0.15, 0.2) is 18.2 Å². The zero-order chi connectivity index (χ0) is 13.9. The van der Waals surface area contributed by atoms with E-state index in [0.29, 0.717) is 6.61 Å². The molecule has 1 fully saturated rings. The van der Waals surface area contributed by atoms with Crippen molar-refractivity contribution in [3.63, 3.8) is 0 Å². The first kappa shape index (κ1) is 14.2. The second kappa shape index (κ2) is 5.83. The Morgan fingerprint density at radius 1 is 1.26 bits per heavy atom. The fourth-order valence-electron chi connectivity index (χ4n) is 2.38. The summed E-state index contributed by atoms with van der Waals surface area (Å²) in [6.45, 7) is 8.09. The molecular formula is C16H25NO2. The van der Waals surface area contributed by atoms with E-state index in [-0.39, 0.29) is 5.54 Å². The SMILES string of the molecule is CCOc1cc(CNC(C)(C)C2CC2)ccc1OC. The van der Waals surface area contributed by atoms with Crippen molar-refractivity contribution in [2.45, 2.75) is 45.7 Å². The van der Waals surface area contributed by atoms with Crippen LogP contribution in [0.3, 0.4) is 0 Å². The summed E-state index contributed by atoms with van der Waals surface area (Å²) in [7, 11) is 1.67. The number of hydrogen-bond acceptors (Lipinski definition) is 3. The molecule has 0 saturated heterocycles. The average molecular weight is 263 g/mol. The number of hydrogen-bond donors (Lipinski definition) is 1. The molecule has 1 N–H and O–H groups in total. The van der Waals surface area contributed by atoms with E-state index in [4.69, 9.17) is 9.47 Å². The zero-order valence-electron chi connectivity index (χ0n) is 12.5. The first-order chi connectivity index (χ1) is 9.06. The van der Waals surface area contributed by atoms with Crippen LogP contribution < -0.4 is 14.8 Å². The lowest BCUT2D eigenvalue weighted by molar-refractivity contribution is 0.309. The summed E-state index contributed by atoms with van der Waals surface area (Å²) in [6, 6.07) is 6.14. The first-order valence-corrected chi connectivity index (χ1v) is 7.11. The smallest absolute Gasteiger partial charge is 0.161 e. The molecule has 0 aliphatic heterocycles. The molecule has 3 heteroatoms. The standard InChI is InChI=1S/C16H25NO2/c1-5-19-15-10-12(6-9-14(15)18-4)11-17-16(2,3)13-7-8-13/h6,9-10,13,17H,5,7-8,11H2,1-4H3. The van der Waals surface area contributed by atoms with Gasteiger partial charge in [0.15, 0.2) is 11.5 Å². The molecule has 0 unspecified atom stereocenters.